The topological polar surface area (TPSA) is 49.3 Å². The summed E-state index contributed by atoms with van der Waals surface area (Å²) >= 11 is 10.2. The first-order valence-electron chi connectivity index (χ1n) is 5.64. The number of nitrogens with one attached hydrogen (secondary N) is 1. The molecule has 2 rings (SSSR count). The van der Waals surface area contributed by atoms with Crippen LogP contribution in [0, 0.1) is 6.92 Å². The smallest absolute Gasteiger partial charge is 0.259 e. The molecule has 0 heterocycles. The van der Waals surface area contributed by atoms with E-state index >= 15 is 0 Å². The molecule has 0 radical (unpaired) electrons. The number of hydrogen-bond donors (Lipinski definition) is 2. The zero-order chi connectivity index (χ0) is 14.9. The van der Waals surface area contributed by atoms with Crippen molar-refractivity contribution in [2.45, 2.75) is 6.92 Å². The van der Waals surface area contributed by atoms with Crippen LogP contribution in [0.4, 0.5) is 5.69 Å². The number of anilines is 1. The largest absolute Gasteiger partial charge is 0.507 e. The van der Waals surface area contributed by atoms with E-state index in [1.165, 1.54) is 0 Å². The van der Waals surface area contributed by atoms with Crippen molar-refractivity contribution in [2.75, 3.05) is 5.32 Å². The van der Waals surface area contributed by atoms with Crippen molar-refractivity contribution in [3.63, 3.8) is 0 Å². The fourth-order valence-corrected chi connectivity index (χ4v) is 4.14. The van der Waals surface area contributed by atoms with Gasteiger partial charge in [0.05, 0.1) is 11.3 Å². The highest BCUT2D eigenvalue weighted by Gasteiger charge is 2.15. The second-order valence-corrected chi connectivity index (χ2v) is 6.79. The minimum absolute atomic E-state index is 0.00523. The third kappa shape index (κ3) is 3.24. The molecule has 3 nitrogen and oxygen atoms in total. The Balaban J connectivity index is 2.36. The maximum absolute atomic E-state index is 12.3. The molecule has 0 bridgehead atoms. The first-order chi connectivity index (χ1) is 9.40. The van der Waals surface area contributed by atoms with E-state index in [2.05, 4.69) is 53.1 Å². The molecule has 0 aliphatic carbocycles. The number of aromatic hydroxyl groups is 1. The summed E-state index contributed by atoms with van der Waals surface area (Å²) < 4.78 is 2.35. The maximum Gasteiger partial charge on any atom is 0.259 e. The molecule has 104 valence electrons. The lowest BCUT2D eigenvalue weighted by atomic mass is 10.1. The zero-order valence-electron chi connectivity index (χ0n) is 10.4. The summed E-state index contributed by atoms with van der Waals surface area (Å²) in [6.45, 7) is 1.75. The Kier molecular flexibility index (Phi) is 4.88. The van der Waals surface area contributed by atoms with Crippen LogP contribution in [0.25, 0.3) is 0 Å². The van der Waals surface area contributed by atoms with Gasteiger partial charge in [0, 0.05) is 13.4 Å². The fraction of sp³-hybridized carbons (Fsp3) is 0.0714. The lowest BCUT2D eigenvalue weighted by Crippen LogP contribution is -2.13. The monoisotopic (exact) mass is 461 g/mol. The van der Waals surface area contributed by atoms with Crippen LogP contribution < -0.4 is 5.32 Å². The van der Waals surface area contributed by atoms with E-state index in [0.29, 0.717) is 11.3 Å². The van der Waals surface area contributed by atoms with Gasteiger partial charge in [-0.15, -0.1) is 0 Å². The minimum atomic E-state index is -0.366. The lowest BCUT2D eigenvalue weighted by Gasteiger charge is -2.12. The van der Waals surface area contributed by atoms with Crippen molar-refractivity contribution < 1.29 is 9.90 Å². The van der Waals surface area contributed by atoms with Gasteiger partial charge < -0.3 is 10.4 Å². The third-order valence-corrected chi connectivity index (χ3v) is 4.44. The van der Waals surface area contributed by atoms with E-state index in [4.69, 9.17) is 0 Å². The number of halogens is 3. The number of rotatable bonds is 2. The van der Waals surface area contributed by atoms with Gasteiger partial charge in [-0.05, 0) is 62.5 Å². The van der Waals surface area contributed by atoms with Crippen molar-refractivity contribution in [1.82, 2.24) is 0 Å². The predicted molar refractivity (Wildman–Crippen MR) is 90.3 cm³/mol. The molecule has 0 saturated carbocycles. The van der Waals surface area contributed by atoms with Gasteiger partial charge in [0.25, 0.3) is 5.91 Å². The van der Waals surface area contributed by atoms with Gasteiger partial charge in [0.2, 0.25) is 0 Å². The highest BCUT2D eigenvalue weighted by atomic mass is 79.9. The number of aryl methyl sites for hydroxylation is 1. The molecule has 2 N–H and O–H groups in total. The average molecular weight is 464 g/mol. The SMILES string of the molecule is Cc1cccc(C(=O)Nc2c(Br)cc(Br)cc2Br)c1O. The number of benzene rings is 2. The maximum atomic E-state index is 12.3. The van der Waals surface area contributed by atoms with E-state index in [1.54, 1.807) is 25.1 Å². The molecule has 20 heavy (non-hydrogen) atoms. The highest BCUT2D eigenvalue weighted by Crippen LogP contribution is 2.35. The van der Waals surface area contributed by atoms with E-state index in [1.807, 2.05) is 12.1 Å². The molecule has 0 unspecified atom stereocenters. The number of carbonyl (C=O) groups excluding carboxylic acids is 1. The van der Waals surface area contributed by atoms with Crippen molar-refractivity contribution in [2.24, 2.45) is 0 Å². The van der Waals surface area contributed by atoms with Crippen LogP contribution in [0.3, 0.4) is 0 Å². The quantitative estimate of drug-likeness (QED) is 0.639. The van der Waals surface area contributed by atoms with Crippen LogP contribution in [0.15, 0.2) is 43.7 Å². The summed E-state index contributed by atoms with van der Waals surface area (Å²) in [5.74, 6) is -0.371. The average Bonchev–Trinajstić information content (AvgIpc) is 2.36. The number of phenolic OH excluding ortho intramolecular Hbond substituents is 1. The Hall–Kier alpha value is -0.850. The first kappa shape index (κ1) is 15.5. The Morgan fingerprint density at radius 3 is 2.35 bits per heavy atom. The Morgan fingerprint density at radius 2 is 1.75 bits per heavy atom. The van der Waals surface area contributed by atoms with Crippen molar-refractivity contribution >= 4 is 59.4 Å². The number of amides is 1. The third-order valence-electron chi connectivity index (χ3n) is 2.73. The van der Waals surface area contributed by atoms with Gasteiger partial charge in [-0.1, -0.05) is 28.1 Å². The van der Waals surface area contributed by atoms with E-state index in [9.17, 15) is 9.90 Å². The molecular formula is C14H10Br3NO2. The Labute approximate surface area is 141 Å². The molecule has 0 aromatic heterocycles. The van der Waals surface area contributed by atoms with Gasteiger partial charge in [0.1, 0.15) is 5.75 Å². The summed E-state index contributed by atoms with van der Waals surface area (Å²) in [5, 5.41) is 12.7. The molecule has 2 aromatic carbocycles. The fourth-order valence-electron chi connectivity index (χ4n) is 1.68. The second-order valence-electron chi connectivity index (χ2n) is 4.17. The van der Waals surface area contributed by atoms with Crippen molar-refractivity contribution in [1.29, 1.82) is 0 Å². The molecular weight excluding hydrogens is 454 g/mol. The molecule has 0 atom stereocenters. The van der Waals surface area contributed by atoms with Crippen molar-refractivity contribution in [3.05, 3.63) is 54.9 Å². The molecule has 2 aromatic rings. The van der Waals surface area contributed by atoms with Crippen LogP contribution in [0.1, 0.15) is 15.9 Å². The highest BCUT2D eigenvalue weighted by molar-refractivity contribution is 9.11. The molecule has 6 heteroatoms. The molecule has 1 amide bonds. The summed E-state index contributed by atoms with van der Waals surface area (Å²) in [4.78, 5) is 12.3. The molecule has 0 aliphatic heterocycles. The van der Waals surface area contributed by atoms with Gasteiger partial charge >= 0.3 is 0 Å². The molecule has 0 saturated heterocycles. The summed E-state index contributed by atoms with van der Waals surface area (Å²) in [6.07, 6.45) is 0. The van der Waals surface area contributed by atoms with E-state index in [-0.39, 0.29) is 17.2 Å². The Bertz CT molecular complexity index is 663. The molecule has 0 fully saturated rings. The standard InChI is InChI=1S/C14H10Br3NO2/c1-7-3-2-4-9(13(7)19)14(20)18-12-10(16)5-8(15)6-11(12)17/h2-6,19H,1H3,(H,18,20). The second kappa shape index (κ2) is 6.28. The number of para-hydroxylation sites is 1. The van der Waals surface area contributed by atoms with Crippen LogP contribution in [-0.2, 0) is 0 Å². The number of phenols is 1. The zero-order valence-corrected chi connectivity index (χ0v) is 15.1. The summed E-state index contributed by atoms with van der Waals surface area (Å²) in [7, 11) is 0. The van der Waals surface area contributed by atoms with Crippen molar-refractivity contribution in [3.8, 4) is 5.75 Å². The van der Waals surface area contributed by atoms with Crippen LogP contribution >= 0.6 is 47.8 Å². The Morgan fingerprint density at radius 1 is 1.15 bits per heavy atom. The summed E-state index contributed by atoms with van der Waals surface area (Å²) in [6, 6.07) is 8.72. The molecule has 0 spiro atoms. The van der Waals surface area contributed by atoms with Crippen LogP contribution in [0.2, 0.25) is 0 Å². The van der Waals surface area contributed by atoms with Gasteiger partial charge in [-0.25, -0.2) is 0 Å². The van der Waals surface area contributed by atoms with Crippen LogP contribution in [0.5, 0.6) is 5.75 Å². The lowest BCUT2D eigenvalue weighted by molar-refractivity contribution is 0.102. The predicted octanol–water partition coefficient (Wildman–Crippen LogP) is 5.24. The minimum Gasteiger partial charge on any atom is -0.507 e. The normalized spacial score (nSPS) is 10.4. The first-order valence-corrected chi connectivity index (χ1v) is 8.02. The number of hydrogen-bond acceptors (Lipinski definition) is 2. The van der Waals surface area contributed by atoms with Gasteiger partial charge in [-0.3, -0.25) is 4.79 Å². The van der Waals surface area contributed by atoms with E-state index in [0.717, 1.165) is 13.4 Å². The van der Waals surface area contributed by atoms with Crippen LogP contribution in [-0.4, -0.2) is 11.0 Å². The van der Waals surface area contributed by atoms with Gasteiger partial charge in [0.15, 0.2) is 0 Å². The van der Waals surface area contributed by atoms with Gasteiger partial charge in [-0.2, -0.15) is 0 Å². The summed E-state index contributed by atoms with van der Waals surface area (Å²) in [5.41, 5.74) is 1.51. The van der Waals surface area contributed by atoms with E-state index < -0.39 is 0 Å². The molecule has 0 aliphatic rings. The number of carbonyl (C=O) groups is 1.